The zero-order valence-electron chi connectivity index (χ0n) is 47.9. The third-order valence-electron chi connectivity index (χ3n) is 12.9. The molecule has 0 amide bonds. The van der Waals surface area contributed by atoms with Crippen molar-refractivity contribution in [3.63, 3.8) is 0 Å². The number of carboxylic acid groups (broad SMARTS) is 1. The van der Waals surface area contributed by atoms with Crippen LogP contribution in [0.4, 0.5) is 0 Å². The van der Waals surface area contributed by atoms with E-state index in [2.05, 4.69) is 87.6 Å². The van der Waals surface area contributed by atoms with Crippen molar-refractivity contribution in [3.05, 3.63) is 109 Å². The predicted molar refractivity (Wildman–Crippen MR) is 312 cm³/mol. The maximum atomic E-state index is 13.1. The highest BCUT2D eigenvalue weighted by Crippen LogP contribution is 2.26. The summed E-state index contributed by atoms with van der Waals surface area (Å²) in [5.74, 6) is -3.40. The Morgan fingerprint density at radius 3 is 1.29 bits per heavy atom. The van der Waals surface area contributed by atoms with Gasteiger partial charge >= 0.3 is 23.9 Å². The quantitative estimate of drug-likeness (QED) is 0.0228. The van der Waals surface area contributed by atoms with Crippen LogP contribution in [0.5, 0.6) is 0 Å². The van der Waals surface area contributed by atoms with E-state index in [0.29, 0.717) is 25.7 Å². The van der Waals surface area contributed by atoms with E-state index in [1.165, 1.54) is 96.3 Å². The molecule has 1 rings (SSSR count). The predicted octanol–water partition coefficient (Wildman–Crippen LogP) is 15.4. The largest absolute Gasteiger partial charge is 0.479 e. The smallest absolute Gasteiger partial charge is 0.335 e. The molecular formula is C65H104O12. The number of hydrogen-bond acceptors (Lipinski definition) is 11. The molecule has 12 heteroatoms. The van der Waals surface area contributed by atoms with Gasteiger partial charge in [0.2, 0.25) is 0 Å². The molecule has 1 saturated heterocycles. The molecule has 12 nitrogen and oxygen atoms in total. The van der Waals surface area contributed by atoms with Gasteiger partial charge in [0.25, 0.3) is 0 Å². The van der Waals surface area contributed by atoms with E-state index >= 15 is 0 Å². The molecule has 6 atom stereocenters. The monoisotopic (exact) mass is 1080 g/mol. The molecule has 0 aliphatic carbocycles. The summed E-state index contributed by atoms with van der Waals surface area (Å²) in [6.07, 6.45) is 58.3. The summed E-state index contributed by atoms with van der Waals surface area (Å²) in [5, 5.41) is 31.4. The van der Waals surface area contributed by atoms with Gasteiger partial charge in [-0.3, -0.25) is 14.4 Å². The van der Waals surface area contributed by atoms with E-state index in [1.54, 1.807) is 6.08 Å². The van der Waals surface area contributed by atoms with Crippen LogP contribution in [0.15, 0.2) is 109 Å². The fourth-order valence-corrected chi connectivity index (χ4v) is 8.40. The van der Waals surface area contributed by atoms with E-state index in [4.69, 9.17) is 23.7 Å². The number of esters is 3. The van der Waals surface area contributed by atoms with Gasteiger partial charge in [-0.2, -0.15) is 0 Å². The first-order valence-electron chi connectivity index (χ1n) is 29.9. The van der Waals surface area contributed by atoms with Crippen molar-refractivity contribution in [2.45, 2.75) is 263 Å². The van der Waals surface area contributed by atoms with Gasteiger partial charge in [0.1, 0.15) is 18.8 Å². The molecule has 0 aromatic carbocycles. The number of aliphatic hydroxyl groups excluding tert-OH is 2. The minimum Gasteiger partial charge on any atom is -0.479 e. The van der Waals surface area contributed by atoms with Gasteiger partial charge in [0, 0.05) is 12.8 Å². The van der Waals surface area contributed by atoms with E-state index in [-0.39, 0.29) is 25.9 Å². The topological polar surface area (TPSA) is 175 Å². The lowest BCUT2D eigenvalue weighted by Crippen LogP contribution is -2.61. The molecule has 77 heavy (non-hydrogen) atoms. The van der Waals surface area contributed by atoms with Crippen molar-refractivity contribution < 1.29 is 58.2 Å². The van der Waals surface area contributed by atoms with Crippen LogP contribution in [0.1, 0.15) is 226 Å². The number of ether oxygens (including phenoxy) is 5. The van der Waals surface area contributed by atoms with Gasteiger partial charge in [-0.15, -0.1) is 0 Å². The number of carbonyl (C=O) groups excluding carboxylic acids is 3. The minimum absolute atomic E-state index is 0.0753. The summed E-state index contributed by atoms with van der Waals surface area (Å²) in [6, 6.07) is 0. The molecule has 0 saturated carbocycles. The van der Waals surface area contributed by atoms with Crippen molar-refractivity contribution in [1.82, 2.24) is 0 Å². The summed E-state index contributed by atoms with van der Waals surface area (Å²) in [7, 11) is 0. The zero-order valence-corrected chi connectivity index (χ0v) is 47.9. The van der Waals surface area contributed by atoms with Crippen LogP contribution in [0.3, 0.4) is 0 Å². The molecule has 0 aromatic rings. The number of rotatable bonds is 49. The maximum Gasteiger partial charge on any atom is 0.335 e. The fraction of sp³-hybridized carbons (Fsp3) is 0.662. The van der Waals surface area contributed by atoms with Crippen molar-refractivity contribution in [2.24, 2.45) is 0 Å². The average Bonchev–Trinajstić information content (AvgIpc) is 3.41. The molecule has 0 aromatic heterocycles. The van der Waals surface area contributed by atoms with Gasteiger partial charge in [-0.05, 0) is 70.6 Å². The maximum absolute atomic E-state index is 13.1. The van der Waals surface area contributed by atoms with Crippen molar-refractivity contribution >= 4 is 23.9 Å². The lowest BCUT2D eigenvalue weighted by atomic mass is 9.98. The third kappa shape index (κ3) is 42.1. The number of aliphatic hydroxyl groups is 2. The highest BCUT2D eigenvalue weighted by molar-refractivity contribution is 5.74. The SMILES string of the molecule is CC/C=C\C/C=C\C/C=C\C/C=C\C/C=C\CC(=O)OC(COC(=O)CCCCCCCCCCCCCCCCCCCCC)COC1OC(C(=O)O)C(O)C(O)C1OC(=O)CC/C=C\C/C=C\C/C=C\C/C=C\CC. The first-order chi connectivity index (χ1) is 37.6. The summed E-state index contributed by atoms with van der Waals surface area (Å²) in [6.45, 7) is 5.65. The highest BCUT2D eigenvalue weighted by atomic mass is 16.7. The Bertz CT molecular complexity index is 1750. The van der Waals surface area contributed by atoms with Crippen molar-refractivity contribution in [2.75, 3.05) is 13.2 Å². The van der Waals surface area contributed by atoms with Crippen LogP contribution >= 0.6 is 0 Å². The molecule has 0 bridgehead atoms. The Morgan fingerprint density at radius 2 is 0.857 bits per heavy atom. The summed E-state index contributed by atoms with van der Waals surface area (Å²) in [5.41, 5.74) is 0. The molecule has 1 heterocycles. The zero-order chi connectivity index (χ0) is 56.1. The second-order valence-electron chi connectivity index (χ2n) is 19.9. The summed E-state index contributed by atoms with van der Waals surface area (Å²) in [4.78, 5) is 51.0. The molecule has 0 radical (unpaired) electrons. The van der Waals surface area contributed by atoms with Crippen LogP contribution < -0.4 is 0 Å². The minimum atomic E-state index is -1.94. The third-order valence-corrected chi connectivity index (χ3v) is 12.9. The lowest BCUT2D eigenvalue weighted by molar-refractivity contribution is -0.301. The second-order valence-corrected chi connectivity index (χ2v) is 19.9. The Hall–Kier alpha value is -4.62. The van der Waals surface area contributed by atoms with E-state index < -0.39 is 67.3 Å². The highest BCUT2D eigenvalue weighted by Gasteiger charge is 2.50. The van der Waals surface area contributed by atoms with Crippen molar-refractivity contribution in [3.8, 4) is 0 Å². The number of hydrogen-bond donors (Lipinski definition) is 3. The van der Waals surface area contributed by atoms with E-state index in [9.17, 15) is 34.5 Å². The number of allylic oxidation sites excluding steroid dienone is 17. The van der Waals surface area contributed by atoms with Crippen LogP contribution in [0.25, 0.3) is 0 Å². The first-order valence-corrected chi connectivity index (χ1v) is 29.9. The molecule has 1 aliphatic rings. The number of aliphatic carboxylic acids is 1. The van der Waals surface area contributed by atoms with Crippen LogP contribution in [-0.4, -0.2) is 89.2 Å². The first kappa shape index (κ1) is 70.4. The van der Waals surface area contributed by atoms with Crippen molar-refractivity contribution in [1.29, 1.82) is 0 Å². The molecule has 436 valence electrons. The van der Waals surface area contributed by atoms with Gasteiger partial charge in [-0.25, -0.2) is 4.79 Å². The molecule has 1 fully saturated rings. The standard InChI is InChI=1S/C65H104O12/c1-4-7-10-13-16-19-22-25-27-28-29-30-32-34-36-39-42-45-48-51-57(66)73-54-56(75-58(67)52-49-46-43-40-38-35-31-26-23-20-17-14-11-8-5-2)55-74-65-63(61(70)60(69)62(77-65)64(71)72)76-59(68)53-50-47-44-41-37-33-24-21-18-15-12-9-6-3/h8-9,11-12,17-18,20-21,26,31,33,37-38,40,44,46-47,49,56,60-63,65,69-70H,4-7,10,13-16,19,22-25,27-30,32,34-36,39,41-43,45,48,50-55H2,1-3H3,(H,71,72)/b11-8-,12-9-,20-17-,21-18-,31-26-,37-33-,40-38-,47-44-,49-46-. The normalized spacial score (nSPS) is 18.8. The van der Waals surface area contributed by atoms with Gasteiger partial charge in [0.15, 0.2) is 24.6 Å². The Balaban J connectivity index is 2.75. The lowest BCUT2D eigenvalue weighted by Gasteiger charge is -2.40. The van der Waals surface area contributed by atoms with E-state index in [1.807, 2.05) is 36.5 Å². The Morgan fingerprint density at radius 1 is 0.455 bits per heavy atom. The van der Waals surface area contributed by atoms with Crippen LogP contribution in [0, 0.1) is 0 Å². The van der Waals surface area contributed by atoms with Gasteiger partial charge in [-0.1, -0.05) is 246 Å². The number of carbonyl (C=O) groups is 4. The second kappa shape index (κ2) is 52.1. The molecule has 1 aliphatic heterocycles. The molecule has 6 unspecified atom stereocenters. The van der Waals surface area contributed by atoms with Crippen LogP contribution in [0.2, 0.25) is 0 Å². The fourth-order valence-electron chi connectivity index (χ4n) is 8.40. The Labute approximate surface area is 465 Å². The Kier molecular flexibility index (Phi) is 47.6. The molecule has 3 N–H and O–H groups in total. The molecule has 0 spiro atoms. The number of carboxylic acids is 1. The summed E-state index contributed by atoms with van der Waals surface area (Å²) < 4.78 is 28.2. The van der Waals surface area contributed by atoms with E-state index in [0.717, 1.165) is 64.2 Å². The number of unbranched alkanes of at least 4 members (excludes halogenated alkanes) is 18. The average molecular weight is 1080 g/mol. The van der Waals surface area contributed by atoms with Gasteiger partial charge < -0.3 is 39.0 Å². The van der Waals surface area contributed by atoms with Crippen LogP contribution in [-0.2, 0) is 42.9 Å². The molecular weight excluding hydrogens is 973 g/mol. The van der Waals surface area contributed by atoms with Gasteiger partial charge in [0.05, 0.1) is 13.0 Å². The summed E-state index contributed by atoms with van der Waals surface area (Å²) >= 11 is 0.